The van der Waals surface area contributed by atoms with Crippen LogP contribution in [0, 0.1) is 0 Å². The molecule has 0 bridgehead atoms. The van der Waals surface area contributed by atoms with Crippen LogP contribution in [0.4, 0.5) is 4.79 Å². The van der Waals surface area contributed by atoms with Crippen LogP contribution in [0.3, 0.4) is 0 Å². The Bertz CT molecular complexity index is 610. The van der Waals surface area contributed by atoms with Gasteiger partial charge in [-0.05, 0) is 31.5 Å². The average Bonchev–Trinajstić information content (AvgIpc) is 2.61. The fourth-order valence-electron chi connectivity index (χ4n) is 2.77. The van der Waals surface area contributed by atoms with Crippen molar-refractivity contribution in [1.29, 1.82) is 0 Å². The molecular formula is C18H27N3O4. The molecule has 1 fully saturated rings. The van der Waals surface area contributed by atoms with Crippen molar-refractivity contribution in [2.75, 3.05) is 40.4 Å². The lowest BCUT2D eigenvalue weighted by atomic mass is 10.1. The number of amides is 3. The minimum absolute atomic E-state index is 0.0520. The molecule has 7 heteroatoms. The molecule has 3 amide bonds. The number of piperazine rings is 1. The summed E-state index contributed by atoms with van der Waals surface area (Å²) in [4.78, 5) is 28.1. The van der Waals surface area contributed by atoms with Crippen molar-refractivity contribution in [3.05, 3.63) is 23.8 Å². The van der Waals surface area contributed by atoms with Crippen LogP contribution in [-0.2, 0) is 11.2 Å². The van der Waals surface area contributed by atoms with E-state index in [9.17, 15) is 9.59 Å². The zero-order valence-corrected chi connectivity index (χ0v) is 15.4. The van der Waals surface area contributed by atoms with Crippen LogP contribution in [0.5, 0.6) is 11.5 Å². The Balaban J connectivity index is 1.89. The molecule has 0 spiro atoms. The Morgan fingerprint density at radius 2 is 1.64 bits per heavy atom. The average molecular weight is 349 g/mol. The summed E-state index contributed by atoms with van der Waals surface area (Å²) in [6.07, 6.45) is 0.304. The highest BCUT2D eigenvalue weighted by Crippen LogP contribution is 2.27. The summed E-state index contributed by atoms with van der Waals surface area (Å²) in [5, 5.41) is 2.88. The zero-order chi connectivity index (χ0) is 18.4. The first kappa shape index (κ1) is 18.9. The van der Waals surface area contributed by atoms with E-state index < -0.39 is 0 Å². The van der Waals surface area contributed by atoms with Gasteiger partial charge in [-0.25, -0.2) is 4.79 Å². The number of nitrogens with one attached hydrogen (secondary N) is 1. The van der Waals surface area contributed by atoms with Gasteiger partial charge in [0.2, 0.25) is 5.91 Å². The lowest BCUT2D eigenvalue weighted by Crippen LogP contribution is -2.54. The largest absolute Gasteiger partial charge is 0.493 e. The predicted molar refractivity (Wildman–Crippen MR) is 95.1 cm³/mol. The molecule has 1 N–H and O–H groups in total. The van der Waals surface area contributed by atoms with Crippen molar-refractivity contribution >= 4 is 11.9 Å². The van der Waals surface area contributed by atoms with Crippen molar-refractivity contribution < 1.29 is 19.1 Å². The van der Waals surface area contributed by atoms with Crippen LogP contribution in [0.25, 0.3) is 0 Å². The second-order valence-corrected chi connectivity index (χ2v) is 6.34. The van der Waals surface area contributed by atoms with E-state index in [1.165, 1.54) is 0 Å². The highest BCUT2D eigenvalue weighted by molar-refractivity contribution is 5.80. The van der Waals surface area contributed by atoms with Crippen LogP contribution in [0.2, 0.25) is 0 Å². The van der Waals surface area contributed by atoms with E-state index >= 15 is 0 Å². The van der Waals surface area contributed by atoms with Gasteiger partial charge in [-0.2, -0.15) is 0 Å². The molecule has 0 aromatic heterocycles. The number of hydrogen-bond donors (Lipinski definition) is 1. The molecule has 25 heavy (non-hydrogen) atoms. The number of carbonyl (C=O) groups excluding carboxylic acids is 2. The fraction of sp³-hybridized carbons (Fsp3) is 0.556. The first-order valence-corrected chi connectivity index (χ1v) is 8.48. The summed E-state index contributed by atoms with van der Waals surface area (Å²) in [6, 6.07) is 5.53. The topological polar surface area (TPSA) is 71.1 Å². The van der Waals surface area contributed by atoms with E-state index in [0.29, 0.717) is 44.1 Å². The standard InChI is InChI=1S/C18H27N3O4/c1-13(2)19-18(23)21-9-7-20(8-10-21)17(22)12-14-5-6-15(24-3)16(11-14)25-4/h5-6,11,13H,7-10,12H2,1-4H3,(H,19,23). The molecule has 2 rings (SSSR count). The number of rotatable bonds is 5. The molecule has 1 aromatic carbocycles. The third kappa shape index (κ3) is 5.01. The van der Waals surface area contributed by atoms with E-state index in [2.05, 4.69) is 5.32 Å². The summed E-state index contributed by atoms with van der Waals surface area (Å²) >= 11 is 0. The quantitative estimate of drug-likeness (QED) is 0.875. The van der Waals surface area contributed by atoms with Gasteiger partial charge in [0.05, 0.1) is 20.6 Å². The summed E-state index contributed by atoms with van der Waals surface area (Å²) in [7, 11) is 3.16. The number of benzene rings is 1. The molecule has 0 unspecified atom stereocenters. The van der Waals surface area contributed by atoms with E-state index in [1.807, 2.05) is 26.0 Å². The number of hydrogen-bond acceptors (Lipinski definition) is 4. The minimum Gasteiger partial charge on any atom is -0.493 e. The highest BCUT2D eigenvalue weighted by Gasteiger charge is 2.24. The first-order chi connectivity index (χ1) is 11.9. The van der Waals surface area contributed by atoms with E-state index in [-0.39, 0.29) is 18.0 Å². The summed E-state index contributed by atoms with van der Waals surface area (Å²) in [5.41, 5.74) is 0.877. The monoisotopic (exact) mass is 349 g/mol. The molecule has 1 heterocycles. The summed E-state index contributed by atoms with van der Waals surface area (Å²) in [6.45, 7) is 6.07. The predicted octanol–water partition coefficient (Wildman–Crippen LogP) is 1.51. The Morgan fingerprint density at radius 3 is 2.20 bits per heavy atom. The smallest absolute Gasteiger partial charge is 0.317 e. The van der Waals surface area contributed by atoms with Gasteiger partial charge in [-0.15, -0.1) is 0 Å². The minimum atomic E-state index is -0.0676. The number of methoxy groups -OCH3 is 2. The Kier molecular flexibility index (Phi) is 6.50. The van der Waals surface area contributed by atoms with Gasteiger partial charge < -0.3 is 24.6 Å². The number of ether oxygens (including phenoxy) is 2. The zero-order valence-electron chi connectivity index (χ0n) is 15.4. The fourth-order valence-corrected chi connectivity index (χ4v) is 2.77. The molecular weight excluding hydrogens is 322 g/mol. The van der Waals surface area contributed by atoms with Gasteiger partial charge in [-0.3, -0.25) is 4.79 Å². The van der Waals surface area contributed by atoms with Gasteiger partial charge >= 0.3 is 6.03 Å². The van der Waals surface area contributed by atoms with Crippen molar-refractivity contribution in [2.24, 2.45) is 0 Å². The van der Waals surface area contributed by atoms with Crippen molar-refractivity contribution in [3.8, 4) is 11.5 Å². The van der Waals surface area contributed by atoms with Gasteiger partial charge in [0.25, 0.3) is 0 Å². The van der Waals surface area contributed by atoms with Crippen molar-refractivity contribution in [1.82, 2.24) is 15.1 Å². The lowest BCUT2D eigenvalue weighted by Gasteiger charge is -2.35. The molecule has 0 atom stereocenters. The highest BCUT2D eigenvalue weighted by atomic mass is 16.5. The molecule has 138 valence electrons. The van der Waals surface area contributed by atoms with Gasteiger partial charge in [0.1, 0.15) is 0 Å². The van der Waals surface area contributed by atoms with Crippen molar-refractivity contribution in [3.63, 3.8) is 0 Å². The summed E-state index contributed by atoms with van der Waals surface area (Å²) in [5.74, 6) is 1.31. The molecule has 7 nitrogen and oxygen atoms in total. The van der Waals surface area contributed by atoms with Crippen molar-refractivity contribution in [2.45, 2.75) is 26.3 Å². The summed E-state index contributed by atoms with van der Waals surface area (Å²) < 4.78 is 10.5. The van der Waals surface area contributed by atoms with Crippen LogP contribution >= 0.6 is 0 Å². The normalized spacial score (nSPS) is 14.4. The third-order valence-corrected chi connectivity index (χ3v) is 4.14. The van der Waals surface area contributed by atoms with E-state index in [0.717, 1.165) is 5.56 Å². The maximum Gasteiger partial charge on any atom is 0.317 e. The molecule has 1 aliphatic heterocycles. The molecule has 0 radical (unpaired) electrons. The first-order valence-electron chi connectivity index (χ1n) is 8.48. The van der Waals surface area contributed by atoms with Crippen LogP contribution in [0.15, 0.2) is 18.2 Å². The molecule has 1 aromatic rings. The number of urea groups is 1. The van der Waals surface area contributed by atoms with E-state index in [1.54, 1.807) is 30.1 Å². The maximum absolute atomic E-state index is 12.5. The molecule has 0 aliphatic carbocycles. The number of carbonyl (C=O) groups is 2. The molecule has 0 saturated carbocycles. The Hall–Kier alpha value is -2.44. The SMILES string of the molecule is COc1ccc(CC(=O)N2CCN(C(=O)NC(C)C)CC2)cc1OC. The van der Waals surface area contributed by atoms with E-state index in [4.69, 9.17) is 9.47 Å². The molecule has 1 aliphatic rings. The van der Waals surface area contributed by atoms with Gasteiger partial charge in [-0.1, -0.05) is 6.07 Å². The Labute approximate surface area is 148 Å². The van der Waals surface area contributed by atoms with Gasteiger partial charge in [0, 0.05) is 32.2 Å². The third-order valence-electron chi connectivity index (χ3n) is 4.14. The maximum atomic E-state index is 12.5. The van der Waals surface area contributed by atoms with Gasteiger partial charge in [0.15, 0.2) is 11.5 Å². The lowest BCUT2D eigenvalue weighted by molar-refractivity contribution is -0.131. The van der Waals surface area contributed by atoms with Crippen LogP contribution in [0.1, 0.15) is 19.4 Å². The van der Waals surface area contributed by atoms with Crippen LogP contribution in [-0.4, -0.2) is 68.2 Å². The molecule has 1 saturated heterocycles. The second kappa shape index (κ2) is 8.60. The number of nitrogens with zero attached hydrogens (tertiary/aromatic N) is 2. The Morgan fingerprint density at radius 1 is 1.04 bits per heavy atom. The van der Waals surface area contributed by atoms with Crippen LogP contribution < -0.4 is 14.8 Å². The second-order valence-electron chi connectivity index (χ2n) is 6.34.